The Labute approximate surface area is 168 Å². The largest absolute Gasteiger partial charge is 0.487 e. The van der Waals surface area contributed by atoms with E-state index in [1.807, 2.05) is 30.4 Å². The molecule has 8 heteroatoms. The minimum atomic E-state index is -0.675. The second-order valence-corrected chi connectivity index (χ2v) is 7.80. The number of hydrogen-bond donors (Lipinski definition) is 0. The third kappa shape index (κ3) is 3.35. The molecular formula is C21H26FN3O4. The molecule has 0 spiro atoms. The monoisotopic (exact) mass is 403 g/mol. The van der Waals surface area contributed by atoms with Crippen molar-refractivity contribution < 1.29 is 18.7 Å². The van der Waals surface area contributed by atoms with Crippen LogP contribution in [-0.2, 0) is 4.74 Å². The number of halogens is 1. The zero-order chi connectivity index (χ0) is 20.7. The molecule has 4 rings (SSSR count). The lowest BCUT2D eigenvalue weighted by atomic mass is 10.1. The summed E-state index contributed by atoms with van der Waals surface area (Å²) in [4.78, 5) is 29.6. The van der Waals surface area contributed by atoms with E-state index < -0.39 is 17.2 Å². The van der Waals surface area contributed by atoms with Crippen LogP contribution >= 0.6 is 0 Å². The number of likely N-dealkylation sites (N-methyl/N-ethyl adjacent to an activating group) is 1. The maximum atomic E-state index is 15.2. The standard InChI is InChI=1S/C21H26FN3O4/c1-4-9-28-21(27)15-11-25-13(2)12-29-20-17(25)14(19(15)26)10-16(22)18(20)24-7-5-23(3)6-8-24/h10-11,13H,4-9,12H2,1-3H3/t13-/m0/s1. The lowest BCUT2D eigenvalue weighted by Crippen LogP contribution is -2.45. The normalized spacial score (nSPS) is 19.3. The Balaban J connectivity index is 1.91. The number of aromatic nitrogens is 1. The summed E-state index contributed by atoms with van der Waals surface area (Å²) in [7, 11) is 2.03. The third-order valence-electron chi connectivity index (χ3n) is 5.62. The minimum absolute atomic E-state index is 0.0719. The molecule has 2 aliphatic heterocycles. The summed E-state index contributed by atoms with van der Waals surface area (Å²) in [5.74, 6) is -0.797. The molecule has 0 saturated carbocycles. The summed E-state index contributed by atoms with van der Waals surface area (Å²) in [6.45, 7) is 7.38. The van der Waals surface area contributed by atoms with Crippen LogP contribution in [0.5, 0.6) is 5.75 Å². The number of esters is 1. The van der Waals surface area contributed by atoms with Gasteiger partial charge in [0.25, 0.3) is 0 Å². The van der Waals surface area contributed by atoms with Crippen molar-refractivity contribution in [1.82, 2.24) is 9.47 Å². The van der Waals surface area contributed by atoms with Gasteiger partial charge in [-0.2, -0.15) is 0 Å². The molecule has 3 heterocycles. The van der Waals surface area contributed by atoms with Crippen LogP contribution in [-0.4, -0.2) is 61.9 Å². The van der Waals surface area contributed by atoms with Gasteiger partial charge in [-0.25, -0.2) is 9.18 Å². The number of anilines is 1. The topological polar surface area (TPSA) is 64.0 Å². The number of piperazine rings is 1. The maximum Gasteiger partial charge on any atom is 0.343 e. The van der Waals surface area contributed by atoms with Gasteiger partial charge in [-0.05, 0) is 26.5 Å². The fourth-order valence-corrected chi connectivity index (χ4v) is 3.95. The van der Waals surface area contributed by atoms with Crippen molar-refractivity contribution in [1.29, 1.82) is 0 Å². The van der Waals surface area contributed by atoms with Crippen molar-refractivity contribution in [3.63, 3.8) is 0 Å². The average molecular weight is 403 g/mol. The van der Waals surface area contributed by atoms with Gasteiger partial charge in [0.2, 0.25) is 5.43 Å². The van der Waals surface area contributed by atoms with Crippen molar-refractivity contribution in [3.8, 4) is 5.75 Å². The number of carbonyl (C=O) groups is 1. The molecular weight excluding hydrogens is 377 g/mol. The van der Waals surface area contributed by atoms with Crippen molar-refractivity contribution in [2.45, 2.75) is 26.3 Å². The van der Waals surface area contributed by atoms with E-state index in [0.29, 0.717) is 43.1 Å². The van der Waals surface area contributed by atoms with Gasteiger partial charge in [-0.1, -0.05) is 6.92 Å². The molecule has 0 bridgehead atoms. The van der Waals surface area contributed by atoms with E-state index >= 15 is 4.39 Å². The zero-order valence-electron chi connectivity index (χ0n) is 17.0. The van der Waals surface area contributed by atoms with Crippen LogP contribution in [0.3, 0.4) is 0 Å². The summed E-state index contributed by atoms with van der Waals surface area (Å²) < 4.78 is 28.2. The Bertz CT molecular complexity index is 1010. The van der Waals surface area contributed by atoms with Crippen molar-refractivity contribution in [2.24, 2.45) is 0 Å². The fourth-order valence-electron chi connectivity index (χ4n) is 3.95. The minimum Gasteiger partial charge on any atom is -0.487 e. The third-order valence-corrected chi connectivity index (χ3v) is 5.62. The van der Waals surface area contributed by atoms with Crippen molar-refractivity contribution in [2.75, 3.05) is 51.3 Å². The molecule has 2 aromatic rings. The second kappa shape index (κ2) is 7.67. The maximum absolute atomic E-state index is 15.2. The quantitative estimate of drug-likeness (QED) is 0.731. The molecule has 1 aromatic heterocycles. The first-order valence-corrected chi connectivity index (χ1v) is 10.1. The number of benzene rings is 1. The summed E-state index contributed by atoms with van der Waals surface area (Å²) in [6, 6.07) is 1.14. The Morgan fingerprint density at radius 2 is 2.03 bits per heavy atom. The Hall–Kier alpha value is -2.61. The molecule has 1 fully saturated rings. The second-order valence-electron chi connectivity index (χ2n) is 7.80. The lowest BCUT2D eigenvalue weighted by molar-refractivity contribution is 0.0502. The molecule has 2 aliphatic rings. The van der Waals surface area contributed by atoms with Gasteiger partial charge in [-0.15, -0.1) is 0 Å². The smallest absolute Gasteiger partial charge is 0.343 e. The number of pyridine rings is 1. The van der Waals surface area contributed by atoms with E-state index in [4.69, 9.17) is 9.47 Å². The van der Waals surface area contributed by atoms with E-state index in [-0.39, 0.29) is 23.6 Å². The van der Waals surface area contributed by atoms with Crippen LogP contribution in [0.4, 0.5) is 10.1 Å². The fraction of sp³-hybridized carbons (Fsp3) is 0.524. The van der Waals surface area contributed by atoms with Crippen molar-refractivity contribution >= 4 is 22.6 Å². The van der Waals surface area contributed by atoms with E-state index in [1.165, 1.54) is 12.3 Å². The molecule has 1 atom stereocenters. The van der Waals surface area contributed by atoms with Crippen LogP contribution in [0.1, 0.15) is 36.7 Å². The Kier molecular flexibility index (Phi) is 5.21. The highest BCUT2D eigenvalue weighted by molar-refractivity contribution is 5.98. The molecule has 1 aromatic carbocycles. The number of rotatable bonds is 4. The van der Waals surface area contributed by atoms with E-state index in [9.17, 15) is 9.59 Å². The van der Waals surface area contributed by atoms with Crippen LogP contribution in [0.25, 0.3) is 10.9 Å². The average Bonchev–Trinajstić information content (AvgIpc) is 2.71. The van der Waals surface area contributed by atoms with Crippen LogP contribution < -0.4 is 15.1 Å². The number of carbonyl (C=O) groups excluding carboxylic acids is 1. The van der Waals surface area contributed by atoms with Gasteiger partial charge >= 0.3 is 5.97 Å². The first-order chi connectivity index (χ1) is 13.9. The summed E-state index contributed by atoms with van der Waals surface area (Å²) in [5, 5.41) is 0.146. The lowest BCUT2D eigenvalue weighted by Gasteiger charge is -2.37. The van der Waals surface area contributed by atoms with Gasteiger partial charge in [0.15, 0.2) is 11.6 Å². The van der Waals surface area contributed by atoms with E-state index in [1.54, 1.807) is 0 Å². The van der Waals surface area contributed by atoms with Gasteiger partial charge in [0, 0.05) is 32.4 Å². The van der Waals surface area contributed by atoms with Gasteiger partial charge < -0.3 is 23.8 Å². The Morgan fingerprint density at radius 3 is 2.72 bits per heavy atom. The SMILES string of the molecule is CCCOC(=O)c1cn2c3c(c(N4CCN(C)CC4)c(F)cc3c1=O)OC[C@@H]2C. The van der Waals surface area contributed by atoms with Gasteiger partial charge in [0.05, 0.1) is 23.6 Å². The molecule has 1 saturated heterocycles. The van der Waals surface area contributed by atoms with Gasteiger partial charge in [0.1, 0.15) is 17.9 Å². The molecule has 156 valence electrons. The Morgan fingerprint density at radius 1 is 1.31 bits per heavy atom. The molecule has 0 amide bonds. The van der Waals surface area contributed by atoms with Crippen LogP contribution in [0.2, 0.25) is 0 Å². The van der Waals surface area contributed by atoms with Crippen LogP contribution in [0.15, 0.2) is 17.1 Å². The molecule has 7 nitrogen and oxygen atoms in total. The highest BCUT2D eigenvalue weighted by Crippen LogP contribution is 2.42. The molecule has 0 N–H and O–H groups in total. The van der Waals surface area contributed by atoms with Gasteiger partial charge in [-0.3, -0.25) is 4.79 Å². The first kappa shape index (κ1) is 19.7. The first-order valence-electron chi connectivity index (χ1n) is 10.1. The van der Waals surface area contributed by atoms with E-state index in [2.05, 4.69) is 4.90 Å². The predicted molar refractivity (Wildman–Crippen MR) is 109 cm³/mol. The molecule has 0 radical (unpaired) electrons. The molecule has 29 heavy (non-hydrogen) atoms. The molecule has 0 aliphatic carbocycles. The summed E-state index contributed by atoms with van der Waals surface area (Å²) >= 11 is 0. The number of hydrogen-bond acceptors (Lipinski definition) is 6. The summed E-state index contributed by atoms with van der Waals surface area (Å²) in [6.07, 6.45) is 2.19. The van der Waals surface area contributed by atoms with Crippen molar-refractivity contribution in [3.05, 3.63) is 33.9 Å². The highest BCUT2D eigenvalue weighted by atomic mass is 19.1. The number of ether oxygens (including phenoxy) is 2. The van der Waals surface area contributed by atoms with E-state index in [0.717, 1.165) is 13.1 Å². The molecule has 0 unspecified atom stereocenters. The highest BCUT2D eigenvalue weighted by Gasteiger charge is 2.31. The predicted octanol–water partition coefficient (Wildman–Crippen LogP) is 2.41. The summed E-state index contributed by atoms with van der Waals surface area (Å²) in [5.41, 5.74) is 0.334. The number of nitrogens with zero attached hydrogens (tertiary/aromatic N) is 3. The zero-order valence-corrected chi connectivity index (χ0v) is 17.0. The van der Waals surface area contributed by atoms with Crippen LogP contribution in [0, 0.1) is 5.82 Å².